The first-order valence-corrected chi connectivity index (χ1v) is 7.30. The molecular weight excluding hydrogens is 294 g/mol. The van der Waals surface area contributed by atoms with Crippen LogP contribution >= 0.6 is 0 Å². The molecular formula is C18H23NO4. The minimum atomic E-state index is -0.596. The van der Waals surface area contributed by atoms with E-state index in [0.717, 1.165) is 0 Å². The summed E-state index contributed by atoms with van der Waals surface area (Å²) in [4.78, 5) is 23.1. The Labute approximate surface area is 137 Å². The molecule has 0 saturated heterocycles. The first kappa shape index (κ1) is 18.5. The van der Waals surface area contributed by atoms with Crippen LogP contribution in [0.4, 0.5) is 10.5 Å². The molecule has 0 aliphatic carbocycles. The number of carbonyl (C=O) groups excluding carboxylic acids is 2. The van der Waals surface area contributed by atoms with Crippen molar-refractivity contribution in [3.63, 3.8) is 0 Å². The lowest BCUT2D eigenvalue weighted by molar-refractivity contribution is -0.143. The van der Waals surface area contributed by atoms with Crippen molar-refractivity contribution in [1.82, 2.24) is 0 Å². The monoisotopic (exact) mass is 317 g/mol. The summed E-state index contributed by atoms with van der Waals surface area (Å²) in [6.07, 6.45) is -1.10. The number of amides is 1. The summed E-state index contributed by atoms with van der Waals surface area (Å²) in [6, 6.07) is 7.12. The number of hydrogen-bond donors (Lipinski definition) is 1. The van der Waals surface area contributed by atoms with E-state index in [9.17, 15) is 9.59 Å². The number of rotatable bonds is 4. The Balaban J connectivity index is 3.07. The maximum atomic E-state index is 12.0. The number of benzene rings is 1. The van der Waals surface area contributed by atoms with E-state index >= 15 is 0 Å². The van der Waals surface area contributed by atoms with Crippen LogP contribution in [0.3, 0.4) is 0 Å². The van der Waals surface area contributed by atoms with Gasteiger partial charge >= 0.3 is 12.1 Å². The van der Waals surface area contributed by atoms with Gasteiger partial charge in [0.2, 0.25) is 0 Å². The Bertz CT molecular complexity index is 637. The smallest absolute Gasteiger partial charge is 0.412 e. The SMILES string of the molecule is C=C=C(c1ccccc1NC(=O)OC(C)(C)C)C(C)OC(C)=O. The zero-order chi connectivity index (χ0) is 17.6. The molecule has 1 N–H and O–H groups in total. The molecule has 1 aromatic rings. The van der Waals surface area contributed by atoms with Gasteiger partial charge in [-0.2, -0.15) is 0 Å². The van der Waals surface area contributed by atoms with E-state index in [1.54, 1.807) is 45.9 Å². The van der Waals surface area contributed by atoms with Gasteiger partial charge in [-0.25, -0.2) is 4.79 Å². The molecule has 0 fully saturated rings. The Morgan fingerprint density at radius 3 is 2.39 bits per heavy atom. The number of esters is 1. The maximum absolute atomic E-state index is 12.0. The highest BCUT2D eigenvalue weighted by Gasteiger charge is 2.20. The first-order chi connectivity index (χ1) is 10.6. The van der Waals surface area contributed by atoms with E-state index in [1.807, 2.05) is 6.07 Å². The number of ether oxygens (including phenoxy) is 2. The van der Waals surface area contributed by atoms with Gasteiger partial charge in [0.05, 0.1) is 5.69 Å². The highest BCUT2D eigenvalue weighted by Crippen LogP contribution is 2.27. The molecule has 1 amide bonds. The summed E-state index contributed by atoms with van der Waals surface area (Å²) in [5.74, 6) is -0.400. The molecule has 0 heterocycles. The second-order valence-electron chi connectivity index (χ2n) is 6.01. The van der Waals surface area contributed by atoms with Crippen molar-refractivity contribution >= 4 is 23.3 Å². The van der Waals surface area contributed by atoms with Crippen molar-refractivity contribution in [2.75, 3.05) is 5.32 Å². The van der Waals surface area contributed by atoms with Crippen molar-refractivity contribution in [2.24, 2.45) is 0 Å². The van der Waals surface area contributed by atoms with Crippen LogP contribution in [0.5, 0.6) is 0 Å². The molecule has 0 aliphatic heterocycles. The lowest BCUT2D eigenvalue weighted by Gasteiger charge is -2.21. The molecule has 0 spiro atoms. The number of anilines is 1. The highest BCUT2D eigenvalue weighted by atomic mass is 16.6. The highest BCUT2D eigenvalue weighted by molar-refractivity contribution is 5.90. The maximum Gasteiger partial charge on any atom is 0.412 e. The molecule has 1 atom stereocenters. The normalized spacial score (nSPS) is 11.9. The van der Waals surface area contributed by atoms with Crippen LogP contribution in [0.1, 0.15) is 40.2 Å². The van der Waals surface area contributed by atoms with Crippen molar-refractivity contribution in [1.29, 1.82) is 0 Å². The number of hydrogen-bond acceptors (Lipinski definition) is 4. The predicted molar refractivity (Wildman–Crippen MR) is 90.1 cm³/mol. The van der Waals surface area contributed by atoms with Gasteiger partial charge in [0.15, 0.2) is 0 Å². The lowest BCUT2D eigenvalue weighted by Crippen LogP contribution is -2.27. The third-order valence-corrected chi connectivity index (χ3v) is 2.79. The molecule has 5 nitrogen and oxygen atoms in total. The standard InChI is InChI=1S/C18H23NO4/c1-7-14(12(2)22-13(3)20)15-10-8-9-11-16(15)19-17(21)23-18(4,5)6/h8-12H,1H2,2-6H3,(H,19,21). The van der Waals surface area contributed by atoms with Crippen LogP contribution in [-0.4, -0.2) is 23.8 Å². The molecule has 1 rings (SSSR count). The molecule has 0 radical (unpaired) electrons. The van der Waals surface area contributed by atoms with E-state index in [1.165, 1.54) is 6.92 Å². The van der Waals surface area contributed by atoms with Crippen LogP contribution in [0.15, 0.2) is 36.6 Å². The largest absolute Gasteiger partial charge is 0.457 e. The van der Waals surface area contributed by atoms with E-state index in [4.69, 9.17) is 9.47 Å². The van der Waals surface area contributed by atoms with E-state index in [-0.39, 0.29) is 0 Å². The summed E-state index contributed by atoms with van der Waals surface area (Å²) in [5.41, 5.74) is 3.97. The van der Waals surface area contributed by atoms with Crippen LogP contribution in [-0.2, 0) is 14.3 Å². The summed E-state index contributed by atoms with van der Waals surface area (Å²) in [7, 11) is 0. The average molecular weight is 317 g/mol. The number of para-hydroxylation sites is 1. The quantitative estimate of drug-likeness (QED) is 0.669. The molecule has 5 heteroatoms. The van der Waals surface area contributed by atoms with Gasteiger partial charge in [0.25, 0.3) is 0 Å². The van der Waals surface area contributed by atoms with Crippen LogP contribution in [0.25, 0.3) is 5.57 Å². The first-order valence-electron chi connectivity index (χ1n) is 7.30. The number of nitrogens with one attached hydrogen (secondary N) is 1. The van der Waals surface area contributed by atoms with E-state index in [0.29, 0.717) is 16.8 Å². The third-order valence-electron chi connectivity index (χ3n) is 2.79. The van der Waals surface area contributed by atoms with Crippen molar-refractivity contribution < 1.29 is 19.1 Å². The van der Waals surface area contributed by atoms with Gasteiger partial charge in [-0.1, -0.05) is 24.8 Å². The van der Waals surface area contributed by atoms with Gasteiger partial charge in [0, 0.05) is 18.1 Å². The zero-order valence-corrected chi connectivity index (χ0v) is 14.2. The van der Waals surface area contributed by atoms with Crippen LogP contribution in [0.2, 0.25) is 0 Å². The molecule has 124 valence electrons. The Kier molecular flexibility index (Phi) is 6.17. The second kappa shape index (κ2) is 7.65. The average Bonchev–Trinajstić information content (AvgIpc) is 2.38. The van der Waals surface area contributed by atoms with E-state index in [2.05, 4.69) is 17.6 Å². The predicted octanol–water partition coefficient (Wildman–Crippen LogP) is 4.15. The fourth-order valence-electron chi connectivity index (χ4n) is 2.01. The summed E-state index contributed by atoms with van der Waals surface area (Å²) in [5, 5.41) is 2.70. The van der Waals surface area contributed by atoms with Crippen LogP contribution in [0, 0.1) is 0 Å². The topological polar surface area (TPSA) is 64.6 Å². The fourth-order valence-corrected chi connectivity index (χ4v) is 2.01. The summed E-state index contributed by atoms with van der Waals surface area (Å²) >= 11 is 0. The number of carbonyl (C=O) groups is 2. The lowest BCUT2D eigenvalue weighted by atomic mass is 10.0. The summed E-state index contributed by atoms with van der Waals surface area (Å²) in [6.45, 7) is 12.1. The minimum absolute atomic E-state index is 0.400. The molecule has 0 aromatic heterocycles. The third kappa shape index (κ3) is 6.01. The van der Waals surface area contributed by atoms with E-state index < -0.39 is 23.8 Å². The molecule has 0 aliphatic rings. The summed E-state index contributed by atoms with van der Waals surface area (Å²) < 4.78 is 10.4. The Hall–Kier alpha value is -2.52. The van der Waals surface area contributed by atoms with Gasteiger partial charge in [-0.05, 0) is 33.8 Å². The second-order valence-corrected chi connectivity index (χ2v) is 6.01. The van der Waals surface area contributed by atoms with Gasteiger partial charge in [-0.3, -0.25) is 10.1 Å². The van der Waals surface area contributed by atoms with Crippen molar-refractivity contribution in [2.45, 2.75) is 46.3 Å². The molecule has 1 unspecified atom stereocenters. The molecule has 0 saturated carbocycles. The van der Waals surface area contributed by atoms with Crippen molar-refractivity contribution in [3.05, 3.63) is 42.1 Å². The zero-order valence-electron chi connectivity index (χ0n) is 14.2. The molecule has 1 aromatic carbocycles. The molecule has 0 bridgehead atoms. The molecule has 23 heavy (non-hydrogen) atoms. The Morgan fingerprint density at radius 1 is 1.26 bits per heavy atom. The fraction of sp³-hybridized carbons (Fsp3) is 0.389. The van der Waals surface area contributed by atoms with Gasteiger partial charge in [-0.15, -0.1) is 5.73 Å². The minimum Gasteiger partial charge on any atom is -0.457 e. The van der Waals surface area contributed by atoms with Crippen LogP contribution < -0.4 is 5.32 Å². The van der Waals surface area contributed by atoms with Gasteiger partial charge in [0.1, 0.15) is 11.7 Å². The van der Waals surface area contributed by atoms with Gasteiger partial charge < -0.3 is 9.47 Å². The Morgan fingerprint density at radius 2 is 1.87 bits per heavy atom. The van der Waals surface area contributed by atoms with Crippen molar-refractivity contribution in [3.8, 4) is 0 Å².